The van der Waals surface area contributed by atoms with Crippen LogP contribution in [0.25, 0.3) is 11.0 Å². The molecule has 0 amide bonds. The highest BCUT2D eigenvalue weighted by Gasteiger charge is 2.45. The Morgan fingerprint density at radius 1 is 1.16 bits per heavy atom. The van der Waals surface area contributed by atoms with Crippen LogP contribution in [0.1, 0.15) is 57.7 Å². The summed E-state index contributed by atoms with van der Waals surface area (Å²) in [4.78, 5) is 9.47. The van der Waals surface area contributed by atoms with Gasteiger partial charge in [-0.15, -0.1) is 0 Å². The molecule has 2 unspecified atom stereocenters. The van der Waals surface area contributed by atoms with Crippen molar-refractivity contribution >= 4 is 32.7 Å². The van der Waals surface area contributed by atoms with Crippen LogP contribution in [0.5, 0.6) is 0 Å². The van der Waals surface area contributed by atoms with Crippen molar-refractivity contribution in [2.24, 2.45) is 5.14 Å². The molecule has 2 aliphatic rings. The van der Waals surface area contributed by atoms with Gasteiger partial charge < -0.3 is 15.2 Å². The van der Waals surface area contributed by atoms with Gasteiger partial charge in [0.15, 0.2) is 0 Å². The van der Waals surface area contributed by atoms with Crippen LogP contribution < -0.4 is 15.8 Å². The van der Waals surface area contributed by atoms with Gasteiger partial charge in [0.25, 0.3) is 0 Å². The topological polar surface area (TPSA) is 115 Å². The Morgan fingerprint density at radius 3 is 2.55 bits per heavy atom. The normalized spacial score (nSPS) is 23.1. The van der Waals surface area contributed by atoms with E-state index in [1.165, 1.54) is 37.1 Å². The first-order valence-electron chi connectivity index (χ1n) is 10.8. The molecule has 5 rings (SSSR count). The van der Waals surface area contributed by atoms with Crippen LogP contribution in [0.2, 0.25) is 0 Å². The molecule has 1 aliphatic heterocycles. The van der Waals surface area contributed by atoms with Crippen molar-refractivity contribution < 1.29 is 8.42 Å². The standard InChI is InChI=1S/C22H28N6O2S/c1-14-19-12-16-13-24-21(26-17-6-8-18(9-7-17)31(23,29)30)27-20(16)28(19)22(15(2)25-14)10-4-3-5-11-22/h6-9,12-15,25H,3-5,10-11H2,1-2H3,(H2,23,29,30)(H,24,26,27). The van der Waals surface area contributed by atoms with E-state index in [0.29, 0.717) is 17.7 Å². The summed E-state index contributed by atoms with van der Waals surface area (Å²) in [6.07, 6.45) is 7.90. The van der Waals surface area contributed by atoms with Crippen LogP contribution in [0.3, 0.4) is 0 Å². The van der Waals surface area contributed by atoms with E-state index in [-0.39, 0.29) is 16.5 Å². The Hall–Kier alpha value is -2.49. The summed E-state index contributed by atoms with van der Waals surface area (Å²) < 4.78 is 25.4. The van der Waals surface area contributed by atoms with Gasteiger partial charge in [-0.05, 0) is 57.0 Å². The van der Waals surface area contributed by atoms with Crippen LogP contribution >= 0.6 is 0 Å². The summed E-state index contributed by atoms with van der Waals surface area (Å²) >= 11 is 0. The monoisotopic (exact) mass is 440 g/mol. The highest BCUT2D eigenvalue weighted by molar-refractivity contribution is 7.89. The average molecular weight is 441 g/mol. The van der Waals surface area contributed by atoms with Gasteiger partial charge in [-0.1, -0.05) is 19.3 Å². The van der Waals surface area contributed by atoms with E-state index >= 15 is 0 Å². The summed E-state index contributed by atoms with van der Waals surface area (Å²) in [7, 11) is -3.72. The Labute approximate surface area is 182 Å². The number of benzene rings is 1. The van der Waals surface area contributed by atoms with Crippen LogP contribution in [0.4, 0.5) is 11.6 Å². The van der Waals surface area contributed by atoms with Crippen molar-refractivity contribution in [3.05, 3.63) is 42.2 Å². The average Bonchev–Trinajstić information content (AvgIpc) is 3.13. The SMILES string of the molecule is CC1NC(C)C2(CCCCC2)n2c1cc1cnc(Nc3ccc(S(N)(=O)=O)cc3)nc12. The van der Waals surface area contributed by atoms with Gasteiger partial charge in [0.1, 0.15) is 5.65 Å². The summed E-state index contributed by atoms with van der Waals surface area (Å²) in [5.41, 5.74) is 2.95. The molecule has 0 bridgehead atoms. The number of nitrogens with zero attached hydrogens (tertiary/aromatic N) is 3. The van der Waals surface area contributed by atoms with E-state index in [4.69, 9.17) is 10.1 Å². The zero-order valence-electron chi connectivity index (χ0n) is 17.8. The van der Waals surface area contributed by atoms with Crippen LogP contribution in [-0.2, 0) is 15.6 Å². The van der Waals surface area contributed by atoms with E-state index in [2.05, 4.69) is 40.1 Å². The lowest BCUT2D eigenvalue weighted by Crippen LogP contribution is -2.57. The van der Waals surface area contributed by atoms with Crippen molar-refractivity contribution in [3.8, 4) is 0 Å². The molecule has 3 aromatic rings. The highest BCUT2D eigenvalue weighted by Crippen LogP contribution is 2.45. The second kappa shape index (κ2) is 7.29. The first-order chi connectivity index (χ1) is 14.8. The third-order valence-electron chi connectivity index (χ3n) is 6.92. The molecular weight excluding hydrogens is 412 g/mol. The van der Waals surface area contributed by atoms with Gasteiger partial charge in [0.2, 0.25) is 16.0 Å². The van der Waals surface area contributed by atoms with Crippen molar-refractivity contribution in [1.82, 2.24) is 19.9 Å². The molecule has 8 nitrogen and oxygen atoms in total. The van der Waals surface area contributed by atoms with Gasteiger partial charge in [-0.25, -0.2) is 18.5 Å². The quantitative estimate of drug-likeness (QED) is 0.574. The minimum Gasteiger partial charge on any atom is -0.324 e. The summed E-state index contributed by atoms with van der Waals surface area (Å²) in [6.45, 7) is 4.50. The molecule has 31 heavy (non-hydrogen) atoms. The van der Waals surface area contributed by atoms with Crippen molar-refractivity contribution in [3.63, 3.8) is 0 Å². The lowest BCUT2D eigenvalue weighted by Gasteiger charge is -2.50. The summed E-state index contributed by atoms with van der Waals surface area (Å²) in [5, 5.41) is 13.2. The van der Waals surface area contributed by atoms with Crippen LogP contribution in [0.15, 0.2) is 41.4 Å². The number of sulfonamides is 1. The number of hydrogen-bond donors (Lipinski definition) is 3. The molecule has 9 heteroatoms. The minimum atomic E-state index is -3.72. The van der Waals surface area contributed by atoms with E-state index in [1.807, 2.05) is 6.20 Å². The van der Waals surface area contributed by atoms with Crippen molar-refractivity contribution in [2.75, 3.05) is 5.32 Å². The maximum absolute atomic E-state index is 11.5. The van der Waals surface area contributed by atoms with Crippen molar-refractivity contribution in [1.29, 1.82) is 0 Å². The van der Waals surface area contributed by atoms with Crippen molar-refractivity contribution in [2.45, 2.75) is 68.5 Å². The van der Waals surface area contributed by atoms with E-state index in [9.17, 15) is 8.42 Å². The van der Waals surface area contributed by atoms with E-state index in [0.717, 1.165) is 23.9 Å². The fourth-order valence-corrected chi connectivity index (χ4v) is 5.86. The third-order valence-corrected chi connectivity index (χ3v) is 7.85. The Balaban J connectivity index is 1.56. The first-order valence-corrected chi connectivity index (χ1v) is 12.4. The second-order valence-electron chi connectivity index (χ2n) is 8.85. The number of rotatable bonds is 3. The minimum absolute atomic E-state index is 0.0323. The molecule has 1 fully saturated rings. The molecule has 4 N–H and O–H groups in total. The fourth-order valence-electron chi connectivity index (χ4n) is 5.34. The molecule has 164 valence electrons. The molecule has 1 aliphatic carbocycles. The lowest BCUT2D eigenvalue weighted by atomic mass is 9.74. The molecule has 2 atom stereocenters. The predicted octanol–water partition coefficient (Wildman–Crippen LogP) is 3.53. The maximum Gasteiger partial charge on any atom is 0.238 e. The number of anilines is 2. The number of hydrogen-bond acceptors (Lipinski definition) is 6. The summed E-state index contributed by atoms with van der Waals surface area (Å²) in [6, 6.07) is 9.10. The van der Waals surface area contributed by atoms with Gasteiger partial charge in [0, 0.05) is 35.0 Å². The maximum atomic E-state index is 11.5. The third kappa shape index (κ3) is 3.40. The van der Waals surface area contributed by atoms with Gasteiger partial charge in [0.05, 0.1) is 10.4 Å². The molecule has 3 heterocycles. The molecular formula is C22H28N6O2S. The number of nitrogens with one attached hydrogen (secondary N) is 2. The smallest absolute Gasteiger partial charge is 0.238 e. The number of fused-ring (bicyclic) bond motifs is 4. The number of aromatic nitrogens is 3. The summed E-state index contributed by atoms with van der Waals surface area (Å²) in [5.74, 6) is 0.488. The van der Waals surface area contributed by atoms with Gasteiger partial charge >= 0.3 is 0 Å². The first kappa shape index (κ1) is 20.4. The molecule has 2 aromatic heterocycles. The highest BCUT2D eigenvalue weighted by atomic mass is 32.2. The largest absolute Gasteiger partial charge is 0.324 e. The number of nitrogens with two attached hydrogens (primary N) is 1. The zero-order valence-corrected chi connectivity index (χ0v) is 18.6. The Bertz CT molecular complexity index is 1230. The predicted molar refractivity (Wildman–Crippen MR) is 121 cm³/mol. The lowest BCUT2D eigenvalue weighted by molar-refractivity contribution is 0.107. The molecule has 1 spiro atoms. The van der Waals surface area contributed by atoms with E-state index in [1.54, 1.807) is 12.1 Å². The van der Waals surface area contributed by atoms with Gasteiger partial charge in [-0.2, -0.15) is 4.98 Å². The molecule has 0 saturated heterocycles. The Morgan fingerprint density at radius 2 is 1.87 bits per heavy atom. The zero-order chi connectivity index (χ0) is 21.8. The van der Waals surface area contributed by atoms with Gasteiger partial charge in [-0.3, -0.25) is 0 Å². The second-order valence-corrected chi connectivity index (χ2v) is 10.4. The van der Waals surface area contributed by atoms with E-state index < -0.39 is 10.0 Å². The molecule has 0 radical (unpaired) electrons. The molecule has 1 saturated carbocycles. The van der Waals surface area contributed by atoms with Crippen LogP contribution in [0, 0.1) is 0 Å². The fraction of sp³-hybridized carbons (Fsp3) is 0.455. The number of primary sulfonamides is 1. The molecule has 1 aromatic carbocycles. The Kier molecular flexibility index (Phi) is 4.80. The van der Waals surface area contributed by atoms with Crippen LogP contribution in [-0.4, -0.2) is 29.0 Å².